The molecule has 3 unspecified atom stereocenters. The molecule has 0 radical (unpaired) electrons. The van der Waals surface area contributed by atoms with E-state index in [-0.39, 0.29) is 63.9 Å². The van der Waals surface area contributed by atoms with Crippen LogP contribution in [0.4, 0.5) is 8.78 Å². The summed E-state index contributed by atoms with van der Waals surface area (Å²) < 4.78 is 38.3. The van der Waals surface area contributed by atoms with Crippen LogP contribution in [0.15, 0.2) is 30.3 Å². The fourth-order valence-corrected chi connectivity index (χ4v) is 5.48. The van der Waals surface area contributed by atoms with Gasteiger partial charge in [0.05, 0.1) is 16.1 Å². The van der Waals surface area contributed by atoms with Crippen LogP contribution in [0.5, 0.6) is 11.5 Å². The van der Waals surface area contributed by atoms with Gasteiger partial charge in [0.1, 0.15) is 23.1 Å². The number of benzene rings is 2. The molecule has 6 rings (SSSR count). The smallest absolute Gasteiger partial charge is 0.261 e. The standard InChI is InChI=1S/C24H22Cl2F2N2O5/c25-14-2-1-12(3-16(14)27)34-10-22(32)29-18-9-24(7-11(18)8-24)30-23(33)21-6-19(31)13-4-17(28)15(26)5-20(13)35-21/h1-5,11,18-19,21,31H,6-10H2,(H,29,32)(H,30,33). The Morgan fingerprint density at radius 1 is 1.11 bits per heavy atom. The summed E-state index contributed by atoms with van der Waals surface area (Å²) in [5.74, 6) is -1.44. The van der Waals surface area contributed by atoms with Gasteiger partial charge in [0, 0.05) is 35.7 Å². The molecule has 3 saturated carbocycles. The van der Waals surface area contributed by atoms with Crippen molar-refractivity contribution in [3.8, 4) is 11.5 Å². The highest BCUT2D eigenvalue weighted by Gasteiger charge is 2.57. The lowest BCUT2D eigenvalue weighted by molar-refractivity contribution is -0.133. The predicted molar refractivity (Wildman–Crippen MR) is 122 cm³/mol. The van der Waals surface area contributed by atoms with E-state index in [2.05, 4.69) is 10.6 Å². The molecular weight excluding hydrogens is 505 g/mol. The molecule has 0 aromatic heterocycles. The second-order valence-electron chi connectivity index (χ2n) is 9.34. The number of nitrogens with one attached hydrogen (secondary N) is 2. The van der Waals surface area contributed by atoms with Crippen LogP contribution in [0, 0.1) is 17.6 Å². The van der Waals surface area contributed by atoms with E-state index in [4.69, 9.17) is 32.7 Å². The van der Waals surface area contributed by atoms with Gasteiger partial charge in [-0.15, -0.1) is 0 Å². The lowest BCUT2D eigenvalue weighted by Gasteiger charge is -2.40. The van der Waals surface area contributed by atoms with Gasteiger partial charge in [0.15, 0.2) is 12.7 Å². The molecule has 2 aromatic rings. The van der Waals surface area contributed by atoms with Crippen molar-refractivity contribution in [3.05, 3.63) is 57.6 Å². The van der Waals surface area contributed by atoms with Gasteiger partial charge in [-0.25, -0.2) is 8.78 Å². The first-order valence-corrected chi connectivity index (χ1v) is 11.9. The van der Waals surface area contributed by atoms with E-state index in [9.17, 15) is 23.5 Å². The zero-order chi connectivity index (χ0) is 24.9. The third kappa shape index (κ3) is 4.77. The average molecular weight is 527 g/mol. The Labute approximate surface area is 209 Å². The molecule has 4 aliphatic rings. The van der Waals surface area contributed by atoms with Crippen LogP contribution in [0.3, 0.4) is 0 Å². The van der Waals surface area contributed by atoms with Gasteiger partial charge in [-0.3, -0.25) is 9.59 Å². The largest absolute Gasteiger partial charge is 0.484 e. The summed E-state index contributed by atoms with van der Waals surface area (Å²) in [5.41, 5.74) is -0.209. The Morgan fingerprint density at radius 3 is 2.60 bits per heavy atom. The maximum atomic E-state index is 13.7. The fraction of sp³-hybridized carbons (Fsp3) is 0.417. The summed E-state index contributed by atoms with van der Waals surface area (Å²) in [7, 11) is 0. The van der Waals surface area contributed by atoms with Crippen molar-refractivity contribution in [3.63, 3.8) is 0 Å². The first-order valence-electron chi connectivity index (χ1n) is 11.2. The molecule has 0 saturated heterocycles. The van der Waals surface area contributed by atoms with Gasteiger partial charge in [0.2, 0.25) is 0 Å². The third-order valence-corrected chi connectivity index (χ3v) is 7.49. The average Bonchev–Trinajstić information content (AvgIpc) is 3.29. The van der Waals surface area contributed by atoms with Crippen LogP contribution in [-0.4, -0.2) is 41.2 Å². The van der Waals surface area contributed by atoms with E-state index in [0.717, 1.165) is 12.1 Å². The van der Waals surface area contributed by atoms with E-state index in [1.807, 2.05) is 0 Å². The first kappa shape index (κ1) is 24.1. The van der Waals surface area contributed by atoms with Crippen LogP contribution in [-0.2, 0) is 9.59 Å². The van der Waals surface area contributed by atoms with Crippen LogP contribution in [0.25, 0.3) is 0 Å². The molecule has 0 spiro atoms. The number of halogens is 4. The maximum absolute atomic E-state index is 13.7. The molecule has 2 amide bonds. The first-order chi connectivity index (χ1) is 16.6. The number of ether oxygens (including phenoxy) is 2. The van der Waals surface area contributed by atoms with Crippen LogP contribution in [0.2, 0.25) is 10.0 Å². The van der Waals surface area contributed by atoms with Crippen molar-refractivity contribution < 1.29 is 33.0 Å². The molecule has 3 atom stereocenters. The Morgan fingerprint density at radius 2 is 1.86 bits per heavy atom. The molecule has 35 heavy (non-hydrogen) atoms. The Kier molecular flexibility index (Phi) is 6.27. The highest BCUT2D eigenvalue weighted by atomic mass is 35.5. The van der Waals surface area contributed by atoms with Crippen molar-refractivity contribution in [2.24, 2.45) is 5.92 Å². The Balaban J connectivity index is 1.14. The number of amides is 2. The van der Waals surface area contributed by atoms with Gasteiger partial charge in [-0.2, -0.15) is 0 Å². The molecule has 2 bridgehead atoms. The Hall–Kier alpha value is -2.62. The maximum Gasteiger partial charge on any atom is 0.261 e. The molecule has 3 N–H and O–H groups in total. The molecule has 1 heterocycles. The van der Waals surface area contributed by atoms with Gasteiger partial charge in [0.25, 0.3) is 11.8 Å². The van der Waals surface area contributed by atoms with E-state index < -0.39 is 29.4 Å². The van der Waals surface area contributed by atoms with E-state index in [1.165, 1.54) is 18.2 Å². The topological polar surface area (TPSA) is 96.9 Å². The molecule has 11 heteroatoms. The number of aliphatic hydroxyl groups is 1. The fourth-order valence-electron chi connectivity index (χ4n) is 5.21. The quantitative estimate of drug-likeness (QED) is 0.533. The van der Waals surface area contributed by atoms with Gasteiger partial charge >= 0.3 is 0 Å². The minimum Gasteiger partial charge on any atom is -0.484 e. The molecule has 2 aromatic carbocycles. The number of carbonyl (C=O) groups excluding carboxylic acids is 2. The molecule has 1 aliphatic heterocycles. The highest BCUT2D eigenvalue weighted by molar-refractivity contribution is 6.31. The number of hydrogen-bond acceptors (Lipinski definition) is 5. The lowest BCUT2D eigenvalue weighted by atomic mass is 9.76. The van der Waals surface area contributed by atoms with E-state index in [1.54, 1.807) is 0 Å². The number of aliphatic hydroxyl groups excluding tert-OH is 1. The number of carbonyl (C=O) groups is 2. The zero-order valence-electron chi connectivity index (χ0n) is 18.3. The van der Waals surface area contributed by atoms with E-state index >= 15 is 0 Å². The summed E-state index contributed by atoms with van der Waals surface area (Å²) in [6.07, 6.45) is -0.0616. The van der Waals surface area contributed by atoms with Crippen molar-refractivity contribution in [2.75, 3.05) is 6.61 Å². The molecule has 7 nitrogen and oxygen atoms in total. The number of hydrogen-bond donors (Lipinski definition) is 3. The van der Waals surface area contributed by atoms with Crippen LogP contribution < -0.4 is 20.1 Å². The predicted octanol–water partition coefficient (Wildman–Crippen LogP) is 3.69. The molecule has 3 fully saturated rings. The molecule has 186 valence electrons. The molecule has 3 aliphatic carbocycles. The number of fused-ring (bicyclic) bond motifs is 2. The van der Waals surface area contributed by atoms with Gasteiger partial charge < -0.3 is 25.2 Å². The Bertz CT molecular complexity index is 1190. The summed E-state index contributed by atoms with van der Waals surface area (Å²) in [5, 5.41) is 16.1. The number of rotatable bonds is 6. The SMILES string of the molecule is O=C(COc1ccc(Cl)c(F)c1)NC1CC2(NC(=O)C3CC(O)c4cc(F)c(Cl)cc4O3)CC1C2. The second-order valence-corrected chi connectivity index (χ2v) is 10.2. The minimum absolute atomic E-state index is 0.0117. The normalized spacial score (nSPS) is 28.4. The van der Waals surface area contributed by atoms with Gasteiger partial charge in [-0.05, 0) is 43.4 Å². The van der Waals surface area contributed by atoms with Gasteiger partial charge in [-0.1, -0.05) is 23.2 Å². The van der Waals surface area contributed by atoms with Crippen LogP contribution >= 0.6 is 23.2 Å². The minimum atomic E-state index is -1.06. The van der Waals surface area contributed by atoms with E-state index in [0.29, 0.717) is 19.3 Å². The van der Waals surface area contributed by atoms with Crippen molar-refractivity contribution >= 4 is 35.0 Å². The second kappa shape index (κ2) is 9.11. The van der Waals surface area contributed by atoms with Crippen molar-refractivity contribution in [1.29, 1.82) is 0 Å². The van der Waals surface area contributed by atoms with Crippen molar-refractivity contribution in [1.82, 2.24) is 10.6 Å². The monoisotopic (exact) mass is 526 g/mol. The highest BCUT2D eigenvalue weighted by Crippen LogP contribution is 2.52. The summed E-state index contributed by atoms with van der Waals surface area (Å²) in [6, 6.07) is 6.18. The summed E-state index contributed by atoms with van der Waals surface area (Å²) >= 11 is 11.5. The third-order valence-electron chi connectivity index (χ3n) is 6.89. The summed E-state index contributed by atoms with van der Waals surface area (Å²) in [6.45, 7) is -0.278. The lowest BCUT2D eigenvalue weighted by Crippen LogP contribution is -2.56. The molecular formula is C24H22Cl2F2N2O5. The van der Waals surface area contributed by atoms with Crippen molar-refractivity contribution in [2.45, 2.75) is 49.5 Å². The zero-order valence-corrected chi connectivity index (χ0v) is 19.8. The summed E-state index contributed by atoms with van der Waals surface area (Å²) in [4.78, 5) is 25.3. The van der Waals surface area contributed by atoms with Crippen LogP contribution in [0.1, 0.15) is 37.4 Å².